The summed E-state index contributed by atoms with van der Waals surface area (Å²) in [5.41, 5.74) is 1.52. The molecule has 2 aromatic carbocycles. The molecule has 6 heteroatoms. The van der Waals surface area contributed by atoms with E-state index in [9.17, 15) is 5.11 Å². The average Bonchev–Trinajstić information content (AvgIpc) is 2.82. The third kappa shape index (κ3) is 7.35. The molecule has 0 atom stereocenters. The Hall–Kier alpha value is -1.79. The smallest absolute Gasteiger partial charge is 0.138 e. The average molecular weight is 473 g/mol. The molecule has 1 N–H and O–H groups in total. The summed E-state index contributed by atoms with van der Waals surface area (Å²) in [4.78, 5) is 4.89. The quantitative estimate of drug-likeness (QED) is 0.561. The molecule has 5 nitrogen and oxygen atoms in total. The van der Waals surface area contributed by atoms with Gasteiger partial charge in [-0.05, 0) is 81.1 Å². The van der Waals surface area contributed by atoms with Gasteiger partial charge in [-0.3, -0.25) is 9.80 Å². The van der Waals surface area contributed by atoms with Crippen LogP contribution in [0.4, 0.5) is 0 Å². The number of nitrogens with zero attached hydrogens (tertiary/aromatic N) is 2. The Kier molecular flexibility index (Phi) is 8.53. The van der Waals surface area contributed by atoms with E-state index in [1.165, 1.54) is 37.9 Å². The van der Waals surface area contributed by atoms with Crippen LogP contribution >= 0.6 is 11.6 Å². The molecule has 0 aromatic heterocycles. The SMILES string of the molecule is Cc1ccc(Cl)c(OCC2(O)CCN(Cc3cccc(OCCN4CCCCC4)c3)CC2)c1. The molecular formula is C27H37ClN2O3. The third-order valence-corrected chi connectivity index (χ3v) is 7.11. The first-order valence-electron chi connectivity index (χ1n) is 12.3. The Morgan fingerprint density at radius 3 is 2.52 bits per heavy atom. The molecule has 0 amide bonds. The van der Waals surface area contributed by atoms with Crippen LogP contribution < -0.4 is 9.47 Å². The summed E-state index contributed by atoms with van der Waals surface area (Å²) in [6, 6.07) is 14.1. The fourth-order valence-electron chi connectivity index (χ4n) is 4.67. The van der Waals surface area contributed by atoms with Crippen LogP contribution in [0.3, 0.4) is 0 Å². The summed E-state index contributed by atoms with van der Waals surface area (Å²) in [6.45, 7) is 8.96. The number of likely N-dealkylation sites (tertiary alicyclic amines) is 2. The zero-order valence-corrected chi connectivity index (χ0v) is 20.5. The Morgan fingerprint density at radius 2 is 1.73 bits per heavy atom. The summed E-state index contributed by atoms with van der Waals surface area (Å²) in [7, 11) is 0. The van der Waals surface area contributed by atoms with Gasteiger partial charge in [-0.1, -0.05) is 36.2 Å². The topological polar surface area (TPSA) is 45.2 Å². The minimum atomic E-state index is -0.816. The van der Waals surface area contributed by atoms with Gasteiger partial charge in [0.1, 0.15) is 30.3 Å². The van der Waals surface area contributed by atoms with Gasteiger partial charge in [0.15, 0.2) is 0 Å². The van der Waals surface area contributed by atoms with Gasteiger partial charge in [-0.25, -0.2) is 0 Å². The summed E-state index contributed by atoms with van der Waals surface area (Å²) < 4.78 is 11.9. The molecule has 0 unspecified atom stereocenters. The Balaban J connectivity index is 1.21. The van der Waals surface area contributed by atoms with Gasteiger partial charge in [0.2, 0.25) is 0 Å². The van der Waals surface area contributed by atoms with Gasteiger partial charge < -0.3 is 14.6 Å². The standard InChI is InChI=1S/C27H37ClN2O3/c1-22-8-9-25(28)26(18-22)33-21-27(31)10-14-30(15-11-27)20-23-6-5-7-24(19-23)32-17-16-29-12-3-2-4-13-29/h5-9,18-19,31H,2-4,10-17,20-21H2,1H3. The number of aryl methyl sites for hydroxylation is 1. The highest BCUT2D eigenvalue weighted by Gasteiger charge is 2.33. The minimum Gasteiger partial charge on any atom is -0.492 e. The van der Waals surface area contributed by atoms with Crippen LogP contribution in [0.25, 0.3) is 0 Å². The second kappa shape index (κ2) is 11.6. The van der Waals surface area contributed by atoms with Crippen molar-refractivity contribution in [2.75, 3.05) is 45.9 Å². The fraction of sp³-hybridized carbons (Fsp3) is 0.556. The predicted octanol–water partition coefficient (Wildman–Crippen LogP) is 4.92. The molecule has 0 radical (unpaired) electrons. The number of benzene rings is 2. The fourth-order valence-corrected chi connectivity index (χ4v) is 4.84. The zero-order valence-electron chi connectivity index (χ0n) is 19.8. The van der Waals surface area contributed by atoms with Crippen LogP contribution in [-0.2, 0) is 6.54 Å². The molecule has 4 rings (SSSR count). The summed E-state index contributed by atoms with van der Waals surface area (Å²) >= 11 is 6.23. The predicted molar refractivity (Wildman–Crippen MR) is 133 cm³/mol. The van der Waals surface area contributed by atoms with Crippen molar-refractivity contribution in [3.63, 3.8) is 0 Å². The summed E-state index contributed by atoms with van der Waals surface area (Å²) in [5, 5.41) is 11.6. The lowest BCUT2D eigenvalue weighted by molar-refractivity contribution is -0.0537. The normalized spacial score (nSPS) is 19.4. The molecule has 2 aliphatic rings. The lowest BCUT2D eigenvalue weighted by atomic mass is 9.92. The van der Waals surface area contributed by atoms with E-state index >= 15 is 0 Å². The highest BCUT2D eigenvalue weighted by molar-refractivity contribution is 6.32. The number of ether oxygens (including phenoxy) is 2. The van der Waals surface area contributed by atoms with E-state index in [1.54, 1.807) is 0 Å². The van der Waals surface area contributed by atoms with Crippen molar-refractivity contribution in [2.24, 2.45) is 0 Å². The second-order valence-electron chi connectivity index (χ2n) is 9.62. The number of halogens is 1. The minimum absolute atomic E-state index is 0.268. The van der Waals surface area contributed by atoms with E-state index < -0.39 is 5.60 Å². The summed E-state index contributed by atoms with van der Waals surface area (Å²) in [6.07, 6.45) is 5.35. The van der Waals surface area contributed by atoms with Gasteiger partial charge >= 0.3 is 0 Å². The lowest BCUT2D eigenvalue weighted by Gasteiger charge is -2.38. The van der Waals surface area contributed by atoms with Gasteiger partial charge in [-0.2, -0.15) is 0 Å². The Morgan fingerprint density at radius 1 is 0.939 bits per heavy atom. The maximum absolute atomic E-state index is 11.0. The number of hydrogen-bond donors (Lipinski definition) is 1. The molecule has 0 bridgehead atoms. The van der Waals surface area contributed by atoms with Gasteiger partial charge in [0.25, 0.3) is 0 Å². The van der Waals surface area contributed by atoms with E-state index in [4.69, 9.17) is 21.1 Å². The van der Waals surface area contributed by atoms with Gasteiger partial charge in [0.05, 0.1) is 5.02 Å². The highest BCUT2D eigenvalue weighted by Crippen LogP contribution is 2.29. The maximum atomic E-state index is 11.0. The van der Waals surface area contributed by atoms with Crippen molar-refractivity contribution in [2.45, 2.75) is 51.2 Å². The molecular weight excluding hydrogens is 436 g/mol. The van der Waals surface area contributed by atoms with Crippen LogP contribution in [0.15, 0.2) is 42.5 Å². The highest BCUT2D eigenvalue weighted by atomic mass is 35.5. The molecule has 180 valence electrons. The van der Waals surface area contributed by atoms with Crippen molar-refractivity contribution in [1.29, 1.82) is 0 Å². The van der Waals surface area contributed by atoms with Gasteiger partial charge in [0, 0.05) is 26.2 Å². The second-order valence-corrected chi connectivity index (χ2v) is 10.0. The molecule has 0 aliphatic carbocycles. The van der Waals surface area contributed by atoms with Crippen LogP contribution in [0.2, 0.25) is 5.02 Å². The van der Waals surface area contributed by atoms with Crippen LogP contribution in [0.5, 0.6) is 11.5 Å². The van der Waals surface area contributed by atoms with E-state index in [-0.39, 0.29) is 6.61 Å². The van der Waals surface area contributed by atoms with Crippen molar-refractivity contribution in [1.82, 2.24) is 9.80 Å². The first-order chi connectivity index (χ1) is 16.0. The van der Waals surface area contributed by atoms with Crippen molar-refractivity contribution < 1.29 is 14.6 Å². The molecule has 2 heterocycles. The Labute approximate surface area is 203 Å². The molecule has 2 saturated heterocycles. The molecule has 0 saturated carbocycles. The first-order valence-corrected chi connectivity index (χ1v) is 12.6. The van der Waals surface area contributed by atoms with E-state index in [0.717, 1.165) is 44.1 Å². The van der Waals surface area contributed by atoms with E-state index in [0.29, 0.717) is 23.6 Å². The molecule has 2 aromatic rings. The Bertz CT molecular complexity index is 893. The lowest BCUT2D eigenvalue weighted by Crippen LogP contribution is -2.47. The van der Waals surface area contributed by atoms with Crippen LogP contribution in [0, 0.1) is 6.92 Å². The largest absolute Gasteiger partial charge is 0.492 e. The molecule has 0 spiro atoms. The van der Waals surface area contributed by atoms with Crippen molar-refractivity contribution in [3.05, 3.63) is 58.6 Å². The third-order valence-electron chi connectivity index (χ3n) is 6.80. The first kappa shape index (κ1) is 24.3. The molecule has 2 aliphatic heterocycles. The number of hydrogen-bond acceptors (Lipinski definition) is 5. The monoisotopic (exact) mass is 472 g/mol. The van der Waals surface area contributed by atoms with Crippen molar-refractivity contribution >= 4 is 11.6 Å². The van der Waals surface area contributed by atoms with Crippen LogP contribution in [0.1, 0.15) is 43.2 Å². The van der Waals surface area contributed by atoms with E-state index in [2.05, 4.69) is 28.0 Å². The van der Waals surface area contributed by atoms with Crippen molar-refractivity contribution in [3.8, 4) is 11.5 Å². The molecule has 33 heavy (non-hydrogen) atoms. The van der Waals surface area contributed by atoms with Crippen LogP contribution in [-0.4, -0.2) is 66.4 Å². The zero-order chi connectivity index (χ0) is 23.1. The molecule has 2 fully saturated rings. The maximum Gasteiger partial charge on any atom is 0.138 e. The number of rotatable bonds is 9. The summed E-state index contributed by atoms with van der Waals surface area (Å²) in [5.74, 6) is 1.59. The number of aliphatic hydroxyl groups is 1. The van der Waals surface area contributed by atoms with E-state index in [1.807, 2.05) is 31.2 Å². The number of piperidine rings is 2. The van der Waals surface area contributed by atoms with Gasteiger partial charge in [-0.15, -0.1) is 0 Å².